The maximum Gasteiger partial charge on any atom is 0.266 e. The minimum Gasteiger partial charge on any atom is -0.481 e. The number of thiazole rings is 1. The molecule has 0 bridgehead atoms. The zero-order chi connectivity index (χ0) is 13.8. The number of benzene rings is 1. The van der Waals surface area contributed by atoms with Gasteiger partial charge in [0.25, 0.3) is 5.91 Å². The van der Waals surface area contributed by atoms with Crippen LogP contribution in [0.1, 0.15) is 11.8 Å². The molecule has 0 saturated carbocycles. The number of amides is 1. The predicted molar refractivity (Wildman–Crippen MR) is 77.0 cm³/mol. The van der Waals surface area contributed by atoms with Gasteiger partial charge in [-0.2, -0.15) is 0 Å². The molecule has 0 aliphatic heterocycles. The Morgan fingerprint density at radius 3 is 2.68 bits per heavy atom. The zero-order valence-corrected chi connectivity index (χ0v) is 12.1. The topological polar surface area (TPSA) is 51.2 Å². The molecule has 2 rings (SSSR count). The van der Waals surface area contributed by atoms with Crippen molar-refractivity contribution in [3.05, 3.63) is 40.4 Å². The Bertz CT molecular complexity index is 568. The van der Waals surface area contributed by atoms with E-state index in [1.807, 2.05) is 6.92 Å². The van der Waals surface area contributed by atoms with Gasteiger partial charge in [0.1, 0.15) is 5.75 Å². The summed E-state index contributed by atoms with van der Waals surface area (Å²) >= 11 is 7.20. The highest BCUT2D eigenvalue weighted by Crippen LogP contribution is 2.19. The lowest BCUT2D eigenvalue weighted by Crippen LogP contribution is -2.30. The van der Waals surface area contributed by atoms with E-state index in [1.165, 1.54) is 11.3 Å². The van der Waals surface area contributed by atoms with E-state index < -0.39 is 6.10 Å². The van der Waals surface area contributed by atoms with Crippen LogP contribution in [-0.2, 0) is 4.79 Å². The lowest BCUT2D eigenvalue weighted by atomic mass is 10.3. The summed E-state index contributed by atoms with van der Waals surface area (Å²) in [6, 6.07) is 6.87. The Kier molecular flexibility index (Phi) is 4.39. The predicted octanol–water partition coefficient (Wildman–Crippen LogP) is 3.51. The number of carbonyl (C=O) groups excluding carboxylic acids is 1. The first-order valence-electron chi connectivity index (χ1n) is 5.70. The summed E-state index contributed by atoms with van der Waals surface area (Å²) in [6.45, 7) is 3.62. The van der Waals surface area contributed by atoms with Crippen molar-refractivity contribution in [3.8, 4) is 5.75 Å². The largest absolute Gasteiger partial charge is 0.481 e. The standard InChI is InChI=1S/C13H13ClN2O2S/c1-8-7-15-13(19-8)16-12(17)9(2)18-11-5-3-10(14)4-6-11/h3-7,9H,1-2H3,(H,15,16,17). The molecule has 1 amide bonds. The molecule has 1 aromatic heterocycles. The van der Waals surface area contributed by atoms with E-state index in [9.17, 15) is 4.79 Å². The lowest BCUT2D eigenvalue weighted by Gasteiger charge is -2.13. The van der Waals surface area contributed by atoms with Crippen LogP contribution in [0.15, 0.2) is 30.5 Å². The Balaban J connectivity index is 1.94. The summed E-state index contributed by atoms with van der Waals surface area (Å²) in [7, 11) is 0. The normalized spacial score (nSPS) is 11.9. The van der Waals surface area contributed by atoms with Gasteiger partial charge in [-0.3, -0.25) is 10.1 Å². The number of hydrogen-bond acceptors (Lipinski definition) is 4. The molecule has 1 heterocycles. The minimum atomic E-state index is -0.606. The van der Waals surface area contributed by atoms with Crippen LogP contribution >= 0.6 is 22.9 Å². The van der Waals surface area contributed by atoms with Gasteiger partial charge in [0.15, 0.2) is 11.2 Å². The Morgan fingerprint density at radius 2 is 2.11 bits per heavy atom. The molecule has 2 aromatic rings. The van der Waals surface area contributed by atoms with Crippen molar-refractivity contribution in [2.24, 2.45) is 0 Å². The molecular weight excluding hydrogens is 284 g/mol. The fraction of sp³-hybridized carbons (Fsp3) is 0.231. The first kappa shape index (κ1) is 13.8. The number of nitrogens with one attached hydrogen (secondary N) is 1. The van der Waals surface area contributed by atoms with Crippen molar-refractivity contribution in [1.29, 1.82) is 0 Å². The van der Waals surface area contributed by atoms with Crippen LogP contribution in [-0.4, -0.2) is 17.0 Å². The molecule has 0 radical (unpaired) electrons. The number of hydrogen-bond donors (Lipinski definition) is 1. The second kappa shape index (κ2) is 6.04. The molecule has 0 aliphatic rings. The van der Waals surface area contributed by atoms with Gasteiger partial charge in [0, 0.05) is 16.1 Å². The van der Waals surface area contributed by atoms with Gasteiger partial charge in [0.2, 0.25) is 0 Å². The molecule has 19 heavy (non-hydrogen) atoms. The second-order valence-corrected chi connectivity index (χ2v) is 5.65. The summed E-state index contributed by atoms with van der Waals surface area (Å²) in [5.41, 5.74) is 0. The van der Waals surface area contributed by atoms with Gasteiger partial charge in [-0.25, -0.2) is 4.98 Å². The molecule has 1 atom stereocenters. The van der Waals surface area contributed by atoms with Crippen molar-refractivity contribution in [2.75, 3.05) is 5.32 Å². The van der Waals surface area contributed by atoms with Crippen molar-refractivity contribution in [2.45, 2.75) is 20.0 Å². The van der Waals surface area contributed by atoms with E-state index in [0.29, 0.717) is 15.9 Å². The first-order chi connectivity index (χ1) is 9.04. The molecule has 0 fully saturated rings. The molecule has 4 nitrogen and oxygen atoms in total. The van der Waals surface area contributed by atoms with E-state index in [2.05, 4.69) is 10.3 Å². The van der Waals surface area contributed by atoms with Gasteiger partial charge < -0.3 is 4.74 Å². The van der Waals surface area contributed by atoms with E-state index in [4.69, 9.17) is 16.3 Å². The van der Waals surface area contributed by atoms with Crippen molar-refractivity contribution >= 4 is 34.0 Å². The summed E-state index contributed by atoms with van der Waals surface area (Å²) in [5.74, 6) is 0.367. The Morgan fingerprint density at radius 1 is 1.42 bits per heavy atom. The van der Waals surface area contributed by atoms with Crippen molar-refractivity contribution < 1.29 is 9.53 Å². The fourth-order valence-corrected chi connectivity index (χ4v) is 2.18. The minimum absolute atomic E-state index is 0.232. The zero-order valence-electron chi connectivity index (χ0n) is 10.5. The van der Waals surface area contributed by atoms with Gasteiger partial charge >= 0.3 is 0 Å². The van der Waals surface area contributed by atoms with Crippen LogP contribution in [0.2, 0.25) is 5.02 Å². The van der Waals surface area contributed by atoms with Gasteiger partial charge in [-0.1, -0.05) is 11.6 Å². The maximum absolute atomic E-state index is 11.9. The number of nitrogens with zero attached hydrogens (tertiary/aromatic N) is 1. The fourth-order valence-electron chi connectivity index (χ4n) is 1.39. The maximum atomic E-state index is 11.9. The number of ether oxygens (including phenoxy) is 1. The van der Waals surface area contributed by atoms with Crippen LogP contribution in [0.25, 0.3) is 0 Å². The van der Waals surface area contributed by atoms with Gasteiger partial charge in [-0.15, -0.1) is 11.3 Å². The third-order valence-electron chi connectivity index (χ3n) is 2.35. The molecule has 100 valence electrons. The van der Waals surface area contributed by atoms with Crippen molar-refractivity contribution in [1.82, 2.24) is 4.98 Å². The third-order valence-corrected chi connectivity index (χ3v) is 3.43. The molecule has 6 heteroatoms. The molecule has 0 saturated heterocycles. The molecular formula is C13H13ClN2O2S. The number of halogens is 1. The second-order valence-electron chi connectivity index (χ2n) is 3.98. The number of aryl methyl sites for hydroxylation is 1. The number of aromatic nitrogens is 1. The summed E-state index contributed by atoms with van der Waals surface area (Å²) < 4.78 is 5.52. The van der Waals surface area contributed by atoms with Gasteiger partial charge in [0.05, 0.1) is 0 Å². The third kappa shape index (κ3) is 3.94. The molecule has 1 N–H and O–H groups in total. The summed E-state index contributed by atoms with van der Waals surface area (Å²) in [6.07, 6.45) is 1.11. The monoisotopic (exact) mass is 296 g/mol. The Hall–Kier alpha value is -1.59. The van der Waals surface area contributed by atoms with Crippen LogP contribution in [0.3, 0.4) is 0 Å². The van der Waals surface area contributed by atoms with E-state index in [-0.39, 0.29) is 5.91 Å². The average molecular weight is 297 g/mol. The lowest BCUT2D eigenvalue weighted by molar-refractivity contribution is -0.122. The number of rotatable bonds is 4. The highest BCUT2D eigenvalue weighted by molar-refractivity contribution is 7.15. The first-order valence-corrected chi connectivity index (χ1v) is 6.89. The van der Waals surface area contributed by atoms with Gasteiger partial charge in [-0.05, 0) is 38.1 Å². The average Bonchev–Trinajstić information content (AvgIpc) is 2.77. The van der Waals surface area contributed by atoms with Crippen LogP contribution in [0.4, 0.5) is 5.13 Å². The van der Waals surface area contributed by atoms with Crippen molar-refractivity contribution in [3.63, 3.8) is 0 Å². The van der Waals surface area contributed by atoms with Crippen LogP contribution in [0.5, 0.6) is 5.75 Å². The van der Waals surface area contributed by atoms with E-state index >= 15 is 0 Å². The van der Waals surface area contributed by atoms with E-state index in [1.54, 1.807) is 37.4 Å². The molecule has 1 unspecified atom stereocenters. The highest BCUT2D eigenvalue weighted by Gasteiger charge is 2.16. The van der Waals surface area contributed by atoms with Crippen LogP contribution < -0.4 is 10.1 Å². The SMILES string of the molecule is Cc1cnc(NC(=O)C(C)Oc2ccc(Cl)cc2)s1. The highest BCUT2D eigenvalue weighted by atomic mass is 35.5. The molecule has 0 spiro atoms. The Labute approximate surface area is 120 Å². The number of carbonyl (C=O) groups is 1. The smallest absolute Gasteiger partial charge is 0.266 e. The molecule has 1 aromatic carbocycles. The summed E-state index contributed by atoms with van der Waals surface area (Å²) in [4.78, 5) is 17.0. The summed E-state index contributed by atoms with van der Waals surface area (Å²) in [5, 5.41) is 3.92. The number of anilines is 1. The van der Waals surface area contributed by atoms with Crippen LogP contribution in [0, 0.1) is 6.92 Å². The van der Waals surface area contributed by atoms with E-state index in [0.717, 1.165) is 4.88 Å². The molecule has 0 aliphatic carbocycles. The quantitative estimate of drug-likeness (QED) is 0.939.